The van der Waals surface area contributed by atoms with Crippen molar-refractivity contribution >= 4 is 16.0 Å². The molecule has 1 atom stereocenters. The molecule has 11 nitrogen and oxygen atoms in total. The molecular formula is C23H24FN7O4S. The zero-order chi connectivity index (χ0) is 25.9. The number of benzene rings is 1. The molecule has 0 radical (unpaired) electrons. The van der Waals surface area contributed by atoms with Crippen LogP contribution < -0.4 is 14.2 Å². The zero-order valence-electron chi connectivity index (χ0n) is 20.0. The van der Waals surface area contributed by atoms with Crippen LogP contribution in [0.4, 0.5) is 10.3 Å². The van der Waals surface area contributed by atoms with Gasteiger partial charge in [-0.25, -0.2) is 22.8 Å². The highest BCUT2D eigenvalue weighted by Crippen LogP contribution is 2.37. The number of aryl methyl sites for hydroxylation is 1. The highest BCUT2D eigenvalue weighted by molar-refractivity contribution is 7.93. The van der Waals surface area contributed by atoms with E-state index in [9.17, 15) is 12.8 Å². The highest BCUT2D eigenvalue weighted by atomic mass is 32.2. The van der Waals surface area contributed by atoms with Crippen molar-refractivity contribution in [3.8, 4) is 28.6 Å². The van der Waals surface area contributed by atoms with Gasteiger partial charge in [0.2, 0.25) is 16.0 Å². The smallest absolute Gasteiger partial charge is 0.243 e. The van der Waals surface area contributed by atoms with Crippen molar-refractivity contribution in [2.24, 2.45) is 0 Å². The van der Waals surface area contributed by atoms with Crippen LogP contribution in [0.3, 0.4) is 0 Å². The summed E-state index contributed by atoms with van der Waals surface area (Å²) in [6.07, 6.45) is 5.22. The van der Waals surface area contributed by atoms with Crippen LogP contribution in [0, 0.1) is 12.7 Å². The lowest BCUT2D eigenvalue weighted by molar-refractivity contribution is 0.391. The summed E-state index contributed by atoms with van der Waals surface area (Å²) >= 11 is 0. The first kappa shape index (κ1) is 25.0. The first-order valence-electron chi connectivity index (χ1n) is 10.8. The van der Waals surface area contributed by atoms with Crippen LogP contribution in [-0.4, -0.2) is 57.6 Å². The summed E-state index contributed by atoms with van der Waals surface area (Å²) in [6.45, 7) is 3.37. The van der Waals surface area contributed by atoms with E-state index in [0.29, 0.717) is 28.6 Å². The monoisotopic (exact) mass is 513 g/mol. The fourth-order valence-corrected chi connectivity index (χ4v) is 4.47. The van der Waals surface area contributed by atoms with E-state index >= 15 is 0 Å². The van der Waals surface area contributed by atoms with Crippen LogP contribution in [0.25, 0.3) is 17.1 Å². The fourth-order valence-electron chi connectivity index (χ4n) is 3.52. The number of para-hydroxylation sites is 1. The van der Waals surface area contributed by atoms with Gasteiger partial charge in [0, 0.05) is 24.4 Å². The van der Waals surface area contributed by atoms with Crippen LogP contribution >= 0.6 is 0 Å². The van der Waals surface area contributed by atoms with Crippen molar-refractivity contribution in [3.63, 3.8) is 0 Å². The second-order valence-corrected chi connectivity index (χ2v) is 10.0. The van der Waals surface area contributed by atoms with Crippen LogP contribution in [0.2, 0.25) is 0 Å². The van der Waals surface area contributed by atoms with Gasteiger partial charge in [0.25, 0.3) is 0 Å². The van der Waals surface area contributed by atoms with Crippen LogP contribution in [0.1, 0.15) is 18.3 Å². The van der Waals surface area contributed by atoms with Gasteiger partial charge in [-0.1, -0.05) is 6.07 Å². The van der Waals surface area contributed by atoms with Crippen molar-refractivity contribution in [2.45, 2.75) is 25.5 Å². The van der Waals surface area contributed by atoms with E-state index in [1.165, 1.54) is 25.7 Å². The Morgan fingerprint density at radius 3 is 2.33 bits per heavy atom. The van der Waals surface area contributed by atoms with Gasteiger partial charge in [0.05, 0.1) is 31.9 Å². The highest BCUT2D eigenvalue weighted by Gasteiger charge is 2.28. The molecule has 4 aromatic rings. The predicted molar refractivity (Wildman–Crippen MR) is 130 cm³/mol. The SMILES string of the molecule is COc1cccc(OC)c1-n1c(NS(=O)(=O)[C@@H](C)Cc2ncc(F)cn2)nnc1-c1cncc(C)c1. The van der Waals surface area contributed by atoms with E-state index in [2.05, 4.69) is 29.9 Å². The average Bonchev–Trinajstić information content (AvgIpc) is 3.27. The Bertz CT molecular complexity index is 1450. The summed E-state index contributed by atoms with van der Waals surface area (Å²) in [7, 11) is -1.03. The van der Waals surface area contributed by atoms with E-state index in [0.717, 1.165) is 18.0 Å². The number of hydrogen-bond acceptors (Lipinski definition) is 9. The number of nitrogens with zero attached hydrogens (tertiary/aromatic N) is 6. The number of rotatable bonds is 9. The Morgan fingerprint density at radius 1 is 1.06 bits per heavy atom. The van der Waals surface area contributed by atoms with E-state index in [1.54, 1.807) is 30.6 Å². The minimum absolute atomic E-state index is 0.0453. The molecule has 0 aliphatic heterocycles. The lowest BCUT2D eigenvalue weighted by Gasteiger charge is -2.19. The van der Waals surface area contributed by atoms with Gasteiger partial charge in [0.1, 0.15) is 23.0 Å². The molecule has 3 aromatic heterocycles. The first-order chi connectivity index (χ1) is 17.2. The number of hydrogen-bond donors (Lipinski definition) is 1. The Hall–Kier alpha value is -4.13. The topological polar surface area (TPSA) is 134 Å². The summed E-state index contributed by atoms with van der Waals surface area (Å²) in [5, 5.41) is 7.42. The minimum atomic E-state index is -4.01. The third-order valence-electron chi connectivity index (χ3n) is 5.33. The summed E-state index contributed by atoms with van der Waals surface area (Å²) in [5.74, 6) is 0.633. The summed E-state index contributed by atoms with van der Waals surface area (Å²) in [6, 6.07) is 7.02. The van der Waals surface area contributed by atoms with Gasteiger partial charge in [-0.3, -0.25) is 14.3 Å². The number of halogens is 1. The number of ether oxygens (including phenoxy) is 2. The van der Waals surface area contributed by atoms with Gasteiger partial charge < -0.3 is 9.47 Å². The molecular weight excluding hydrogens is 489 g/mol. The lowest BCUT2D eigenvalue weighted by atomic mass is 10.2. The number of anilines is 1. The Balaban J connectivity index is 1.81. The largest absolute Gasteiger partial charge is 0.494 e. The summed E-state index contributed by atoms with van der Waals surface area (Å²) < 4.78 is 54.8. The van der Waals surface area contributed by atoms with Gasteiger partial charge in [-0.2, -0.15) is 0 Å². The Labute approximate surface area is 207 Å². The minimum Gasteiger partial charge on any atom is -0.494 e. The first-order valence-corrected chi connectivity index (χ1v) is 12.3. The number of pyridine rings is 1. The van der Waals surface area contributed by atoms with Crippen LogP contribution in [0.15, 0.2) is 49.1 Å². The molecule has 1 aromatic carbocycles. The van der Waals surface area contributed by atoms with E-state index in [1.807, 2.05) is 13.0 Å². The summed E-state index contributed by atoms with van der Waals surface area (Å²) in [4.78, 5) is 11.9. The molecule has 36 heavy (non-hydrogen) atoms. The van der Waals surface area contributed by atoms with Gasteiger partial charge in [-0.15, -0.1) is 10.2 Å². The molecule has 0 aliphatic carbocycles. The van der Waals surface area contributed by atoms with Crippen molar-refractivity contribution < 1.29 is 22.3 Å². The standard InChI is InChI=1S/C23H24FN7O4S/c1-14-8-16(11-25-10-14)22-28-29-23(31(22)21-18(34-3)6-5-7-19(21)35-4)30-36(32,33)15(2)9-20-26-12-17(24)13-27-20/h5-8,10-13,15H,9H2,1-4H3,(H,29,30)/t15-/m0/s1. The Kier molecular flexibility index (Phi) is 7.10. The molecule has 3 heterocycles. The van der Waals surface area contributed by atoms with Crippen molar-refractivity contribution in [1.82, 2.24) is 29.7 Å². The third kappa shape index (κ3) is 5.10. The van der Waals surface area contributed by atoms with Gasteiger partial charge in [0.15, 0.2) is 11.6 Å². The summed E-state index contributed by atoms with van der Waals surface area (Å²) in [5.41, 5.74) is 1.88. The molecule has 0 saturated carbocycles. The fraction of sp³-hybridized carbons (Fsp3) is 0.261. The molecule has 1 N–H and O–H groups in total. The molecule has 0 bridgehead atoms. The molecule has 0 amide bonds. The number of methoxy groups -OCH3 is 2. The maximum atomic E-state index is 13.3. The predicted octanol–water partition coefficient (Wildman–Crippen LogP) is 2.96. The molecule has 0 unspecified atom stereocenters. The van der Waals surface area contributed by atoms with E-state index < -0.39 is 21.1 Å². The molecule has 0 fully saturated rings. The second kappa shape index (κ2) is 10.2. The number of nitrogens with one attached hydrogen (secondary N) is 1. The van der Waals surface area contributed by atoms with Crippen molar-refractivity contribution in [1.29, 1.82) is 0 Å². The number of aromatic nitrogens is 6. The Morgan fingerprint density at radius 2 is 1.72 bits per heavy atom. The molecule has 4 rings (SSSR count). The lowest BCUT2D eigenvalue weighted by Crippen LogP contribution is -2.29. The van der Waals surface area contributed by atoms with Crippen LogP contribution in [0.5, 0.6) is 11.5 Å². The zero-order valence-corrected chi connectivity index (χ0v) is 20.8. The maximum absolute atomic E-state index is 13.3. The average molecular weight is 514 g/mol. The molecule has 13 heteroatoms. The quantitative estimate of drug-likeness (QED) is 0.358. The maximum Gasteiger partial charge on any atom is 0.243 e. The van der Waals surface area contributed by atoms with E-state index in [-0.39, 0.29) is 18.2 Å². The van der Waals surface area contributed by atoms with Crippen LogP contribution in [-0.2, 0) is 16.4 Å². The third-order valence-corrected chi connectivity index (χ3v) is 7.02. The van der Waals surface area contributed by atoms with Crippen molar-refractivity contribution in [3.05, 3.63) is 66.3 Å². The van der Waals surface area contributed by atoms with Gasteiger partial charge in [-0.05, 0) is 37.6 Å². The second-order valence-electron chi connectivity index (χ2n) is 7.92. The number of sulfonamides is 1. The normalized spacial score (nSPS) is 12.2. The molecule has 188 valence electrons. The van der Waals surface area contributed by atoms with Gasteiger partial charge >= 0.3 is 0 Å². The van der Waals surface area contributed by atoms with E-state index in [4.69, 9.17) is 9.47 Å². The molecule has 0 spiro atoms. The molecule has 0 saturated heterocycles. The van der Waals surface area contributed by atoms with Crippen molar-refractivity contribution in [2.75, 3.05) is 18.9 Å². The molecule has 0 aliphatic rings.